The molecule has 3 aromatic heterocycles. The molecule has 196 valence electrons. The van der Waals surface area contributed by atoms with Crippen LogP contribution < -0.4 is 5.32 Å². The van der Waals surface area contributed by atoms with E-state index in [1.165, 1.54) is 29.4 Å². The zero-order valence-electron chi connectivity index (χ0n) is 21.0. The maximum Gasteiger partial charge on any atom is 0.417 e. The second-order valence-electron chi connectivity index (χ2n) is 9.21. The number of carbonyl (C=O) groups excluding carboxylic acids is 1. The first kappa shape index (κ1) is 28.5. The van der Waals surface area contributed by atoms with E-state index < -0.39 is 46.5 Å². The van der Waals surface area contributed by atoms with Crippen LogP contribution in [0.4, 0.5) is 23.4 Å². The number of nitrogens with one attached hydrogen (secondary N) is 1. The van der Waals surface area contributed by atoms with Gasteiger partial charge < -0.3 is 15.0 Å². The average Bonchev–Trinajstić information content (AvgIpc) is 2.87. The molecule has 0 spiro atoms. The lowest BCUT2D eigenvalue weighted by atomic mass is 9.41. The highest BCUT2D eigenvalue weighted by atomic mass is 19.4. The van der Waals surface area contributed by atoms with E-state index in [-0.39, 0.29) is 36.4 Å². The van der Waals surface area contributed by atoms with Crippen LogP contribution in [-0.2, 0) is 16.0 Å². The highest BCUT2D eigenvalue weighted by Crippen LogP contribution is 2.31. The van der Waals surface area contributed by atoms with E-state index in [4.69, 9.17) is 28.3 Å². The van der Waals surface area contributed by atoms with Gasteiger partial charge in [0.15, 0.2) is 17.5 Å². The van der Waals surface area contributed by atoms with Gasteiger partial charge >= 0.3 is 6.18 Å². The number of halogens is 4. The Kier molecular flexibility index (Phi) is 8.01. The number of alkyl halides is 3. The summed E-state index contributed by atoms with van der Waals surface area (Å²) in [6.07, 6.45) is -2.15. The van der Waals surface area contributed by atoms with Crippen molar-refractivity contribution in [2.24, 2.45) is 0 Å². The van der Waals surface area contributed by atoms with Gasteiger partial charge in [-0.1, -0.05) is 5.11 Å². The van der Waals surface area contributed by atoms with Crippen molar-refractivity contribution in [3.63, 3.8) is 0 Å². The molecule has 0 saturated carbocycles. The van der Waals surface area contributed by atoms with Gasteiger partial charge in [-0.3, -0.25) is 4.79 Å². The summed E-state index contributed by atoms with van der Waals surface area (Å²) >= 11 is 0. The molecule has 3 aromatic rings. The van der Waals surface area contributed by atoms with Gasteiger partial charge in [-0.05, 0) is 38.1 Å². The van der Waals surface area contributed by atoms with Crippen molar-refractivity contribution in [3.05, 3.63) is 65.6 Å². The third-order valence-electron chi connectivity index (χ3n) is 6.10. The highest BCUT2D eigenvalue weighted by molar-refractivity contribution is 6.58. The zero-order chi connectivity index (χ0) is 28.5. The summed E-state index contributed by atoms with van der Waals surface area (Å²) < 4.78 is 59.0. The van der Waals surface area contributed by atoms with Crippen LogP contribution in [0.2, 0.25) is 0 Å². The van der Waals surface area contributed by atoms with Crippen molar-refractivity contribution in [1.82, 2.24) is 24.8 Å². The molecule has 1 aliphatic rings. The van der Waals surface area contributed by atoms with Crippen LogP contribution in [0.5, 0.6) is 0 Å². The van der Waals surface area contributed by atoms with Gasteiger partial charge in [-0.15, -0.1) is 0 Å². The normalized spacial score (nSPS) is 20.1. The Hall–Kier alpha value is -3.48. The van der Waals surface area contributed by atoms with Crippen LogP contribution in [-0.4, -0.2) is 85.6 Å². The Morgan fingerprint density at radius 3 is 2.46 bits per heavy atom. The number of rotatable bonds is 6. The maximum atomic E-state index is 14.4. The standard InChI is InChI=1S/C24H21B3F4N6O2/c1-12-11-37(17(13(2)39-12)10-35-21-16(28)8-14(9-34-21)24(29,30)31)22(38)19-15(20-32-6-3-7-33-20)4-5-18(36-19)23(25,26)27/h3-9,12-13,17H,10-11H2,1-2H3,(H,34,35). The highest BCUT2D eigenvalue weighted by Gasteiger charge is 2.38. The first-order valence-corrected chi connectivity index (χ1v) is 11.8. The summed E-state index contributed by atoms with van der Waals surface area (Å²) in [4.78, 5) is 31.8. The fourth-order valence-corrected chi connectivity index (χ4v) is 4.22. The smallest absolute Gasteiger partial charge is 0.372 e. The van der Waals surface area contributed by atoms with E-state index in [1.807, 2.05) is 0 Å². The predicted octanol–water partition coefficient (Wildman–Crippen LogP) is 2.44. The van der Waals surface area contributed by atoms with E-state index in [1.54, 1.807) is 19.9 Å². The van der Waals surface area contributed by atoms with E-state index >= 15 is 0 Å². The van der Waals surface area contributed by atoms with Crippen molar-refractivity contribution < 1.29 is 27.1 Å². The average molecular weight is 534 g/mol. The number of ether oxygens (including phenoxy) is 1. The number of hydrogen-bond donors (Lipinski definition) is 1. The van der Waals surface area contributed by atoms with Crippen molar-refractivity contribution in [2.75, 3.05) is 18.4 Å². The van der Waals surface area contributed by atoms with E-state index in [2.05, 4.69) is 25.3 Å². The number of pyridine rings is 2. The third kappa shape index (κ3) is 6.40. The summed E-state index contributed by atoms with van der Waals surface area (Å²) in [5.41, 5.74) is -0.967. The Morgan fingerprint density at radius 2 is 1.85 bits per heavy atom. The van der Waals surface area contributed by atoms with Crippen LogP contribution in [0.3, 0.4) is 0 Å². The van der Waals surface area contributed by atoms with E-state index in [9.17, 15) is 22.4 Å². The third-order valence-corrected chi connectivity index (χ3v) is 6.10. The van der Waals surface area contributed by atoms with Crippen LogP contribution >= 0.6 is 0 Å². The van der Waals surface area contributed by atoms with Crippen molar-refractivity contribution in [2.45, 2.75) is 43.4 Å². The minimum Gasteiger partial charge on any atom is -0.372 e. The number of amides is 1. The molecule has 15 heteroatoms. The molecular formula is C24H21B3F4N6O2. The fraction of sp³-hybridized carbons (Fsp3) is 0.375. The molecular weight excluding hydrogens is 513 g/mol. The molecule has 1 N–H and O–H groups in total. The summed E-state index contributed by atoms with van der Waals surface area (Å²) in [6, 6.07) is 4.25. The first-order valence-electron chi connectivity index (χ1n) is 11.8. The molecule has 1 saturated heterocycles. The van der Waals surface area contributed by atoms with Crippen LogP contribution in [0, 0.1) is 5.82 Å². The number of nitrogens with zero attached hydrogens (tertiary/aromatic N) is 5. The lowest BCUT2D eigenvalue weighted by Gasteiger charge is -2.43. The number of aromatic nitrogens is 4. The lowest BCUT2D eigenvalue weighted by Crippen LogP contribution is -2.58. The predicted molar refractivity (Wildman–Crippen MR) is 137 cm³/mol. The molecule has 4 heterocycles. The summed E-state index contributed by atoms with van der Waals surface area (Å²) in [6.45, 7) is 3.51. The second kappa shape index (κ2) is 11.0. The largest absolute Gasteiger partial charge is 0.417 e. The van der Waals surface area contributed by atoms with Gasteiger partial charge in [0.25, 0.3) is 5.91 Å². The van der Waals surface area contributed by atoms with Gasteiger partial charge in [-0.2, -0.15) is 13.2 Å². The summed E-state index contributed by atoms with van der Waals surface area (Å²) in [5, 5.41) is 0.849. The number of carbonyl (C=O) groups is 1. The van der Waals surface area contributed by atoms with Crippen molar-refractivity contribution in [3.8, 4) is 11.4 Å². The van der Waals surface area contributed by atoms with Crippen LogP contribution in [0.15, 0.2) is 42.9 Å². The molecule has 39 heavy (non-hydrogen) atoms. The second-order valence-corrected chi connectivity index (χ2v) is 9.21. The number of hydrogen-bond acceptors (Lipinski definition) is 7. The zero-order valence-corrected chi connectivity index (χ0v) is 21.0. The summed E-state index contributed by atoms with van der Waals surface area (Å²) in [7, 11) is 17.5. The topological polar surface area (TPSA) is 93.1 Å². The van der Waals surface area contributed by atoms with Crippen LogP contribution in [0.25, 0.3) is 11.4 Å². The number of anilines is 1. The number of morpholine rings is 1. The Bertz CT molecular complexity index is 1340. The molecule has 0 aliphatic carbocycles. The molecule has 4 rings (SSSR count). The van der Waals surface area contributed by atoms with E-state index in [0.29, 0.717) is 17.8 Å². The molecule has 1 aliphatic heterocycles. The van der Waals surface area contributed by atoms with Crippen molar-refractivity contribution >= 4 is 35.3 Å². The SMILES string of the molecule is [B]C([B])([B])c1ccc(-c2ncccn2)c(C(=O)N2CC(C)OC(C)C2CNc2ncc(C(F)(F)F)cc2F)n1. The minimum absolute atomic E-state index is 0.0330. The fourth-order valence-electron chi connectivity index (χ4n) is 4.22. The first-order chi connectivity index (χ1) is 18.3. The van der Waals surface area contributed by atoms with Crippen LogP contribution in [0.1, 0.15) is 35.6 Å². The molecule has 0 aromatic carbocycles. The Balaban J connectivity index is 1.68. The van der Waals surface area contributed by atoms with Gasteiger partial charge in [-0.25, -0.2) is 24.3 Å². The lowest BCUT2D eigenvalue weighted by molar-refractivity contribution is -0.138. The summed E-state index contributed by atoms with van der Waals surface area (Å²) in [5.74, 6) is -1.93. The van der Waals surface area contributed by atoms with E-state index in [0.717, 1.165) is 0 Å². The maximum absolute atomic E-state index is 14.4. The van der Waals surface area contributed by atoms with Gasteiger partial charge in [0, 0.05) is 37.4 Å². The molecule has 1 amide bonds. The molecule has 1 fully saturated rings. The van der Waals surface area contributed by atoms with Gasteiger partial charge in [0.05, 0.1) is 52.9 Å². The molecule has 3 unspecified atom stereocenters. The monoisotopic (exact) mass is 534 g/mol. The van der Waals surface area contributed by atoms with Gasteiger partial charge in [0.2, 0.25) is 0 Å². The van der Waals surface area contributed by atoms with Crippen molar-refractivity contribution in [1.29, 1.82) is 0 Å². The molecule has 8 nitrogen and oxygen atoms in total. The molecule has 3 atom stereocenters. The molecule has 6 radical (unpaired) electrons. The molecule has 0 bridgehead atoms. The Morgan fingerprint density at radius 1 is 1.15 bits per heavy atom. The quantitative estimate of drug-likeness (QED) is 0.384. The Labute approximate surface area is 226 Å². The minimum atomic E-state index is -4.74. The van der Waals surface area contributed by atoms with Gasteiger partial charge in [0.1, 0.15) is 5.69 Å².